The van der Waals surface area contributed by atoms with Crippen molar-refractivity contribution >= 4 is 17.9 Å². The first-order valence-corrected chi connectivity index (χ1v) is 6.10. The summed E-state index contributed by atoms with van der Waals surface area (Å²) < 4.78 is 10.4. The van der Waals surface area contributed by atoms with Crippen LogP contribution in [0, 0.1) is 0 Å². The zero-order chi connectivity index (χ0) is 13.7. The third kappa shape index (κ3) is 2.95. The van der Waals surface area contributed by atoms with E-state index in [0.29, 0.717) is 21.9 Å². The van der Waals surface area contributed by atoms with Crippen LogP contribution in [0.25, 0.3) is 11.1 Å². The van der Waals surface area contributed by atoms with Crippen molar-refractivity contribution in [2.75, 3.05) is 13.9 Å². The second-order valence-electron chi connectivity index (χ2n) is 3.87. The molecule has 0 bridgehead atoms. The maximum Gasteiger partial charge on any atom is 0.188 e. The SMILES string of the molecule is COCOc1ccccc1-c1c(Cl)cccc1C=O. The summed E-state index contributed by atoms with van der Waals surface area (Å²) in [5, 5.41) is 0.512. The van der Waals surface area contributed by atoms with E-state index >= 15 is 0 Å². The van der Waals surface area contributed by atoms with E-state index in [1.807, 2.05) is 24.3 Å². The van der Waals surface area contributed by atoms with E-state index in [-0.39, 0.29) is 6.79 Å². The van der Waals surface area contributed by atoms with Crippen LogP contribution in [0.1, 0.15) is 10.4 Å². The Bertz CT molecular complexity index is 581. The van der Waals surface area contributed by atoms with Crippen LogP contribution in [0.5, 0.6) is 5.75 Å². The van der Waals surface area contributed by atoms with Gasteiger partial charge in [0.25, 0.3) is 0 Å². The predicted molar refractivity (Wildman–Crippen MR) is 74.8 cm³/mol. The number of hydrogen-bond acceptors (Lipinski definition) is 3. The van der Waals surface area contributed by atoms with Gasteiger partial charge in [0.2, 0.25) is 0 Å². The molecule has 98 valence electrons. The summed E-state index contributed by atoms with van der Waals surface area (Å²) in [5.41, 5.74) is 1.97. The molecule has 0 unspecified atom stereocenters. The van der Waals surface area contributed by atoms with Gasteiger partial charge in [-0.2, -0.15) is 0 Å². The lowest BCUT2D eigenvalue weighted by Gasteiger charge is -2.13. The van der Waals surface area contributed by atoms with Crippen LogP contribution in [0.15, 0.2) is 42.5 Å². The molecule has 4 heteroatoms. The summed E-state index contributed by atoms with van der Waals surface area (Å²) in [6.07, 6.45) is 0.786. The minimum absolute atomic E-state index is 0.137. The number of halogens is 1. The highest BCUT2D eigenvalue weighted by molar-refractivity contribution is 6.34. The summed E-state index contributed by atoms with van der Waals surface area (Å²) >= 11 is 6.20. The molecule has 2 aromatic rings. The fraction of sp³-hybridized carbons (Fsp3) is 0.133. The van der Waals surface area contributed by atoms with Gasteiger partial charge in [0.05, 0.1) is 0 Å². The maximum absolute atomic E-state index is 11.2. The summed E-state index contributed by atoms with van der Waals surface area (Å²) in [6.45, 7) is 0.137. The van der Waals surface area contributed by atoms with E-state index in [9.17, 15) is 4.79 Å². The minimum atomic E-state index is 0.137. The van der Waals surface area contributed by atoms with E-state index in [1.165, 1.54) is 0 Å². The number of aldehydes is 1. The lowest BCUT2D eigenvalue weighted by Crippen LogP contribution is -2.01. The van der Waals surface area contributed by atoms with Crippen molar-refractivity contribution in [1.29, 1.82) is 0 Å². The van der Waals surface area contributed by atoms with Crippen molar-refractivity contribution < 1.29 is 14.3 Å². The van der Waals surface area contributed by atoms with Gasteiger partial charge >= 0.3 is 0 Å². The van der Waals surface area contributed by atoms with Crippen molar-refractivity contribution in [2.24, 2.45) is 0 Å². The number of benzene rings is 2. The van der Waals surface area contributed by atoms with Gasteiger partial charge in [-0.05, 0) is 12.1 Å². The Kier molecular flexibility index (Phi) is 4.55. The molecule has 2 rings (SSSR count). The summed E-state index contributed by atoms with van der Waals surface area (Å²) in [4.78, 5) is 11.2. The lowest BCUT2D eigenvalue weighted by atomic mass is 9.99. The number of ether oxygens (including phenoxy) is 2. The maximum atomic E-state index is 11.2. The number of carbonyl (C=O) groups excluding carboxylic acids is 1. The van der Waals surface area contributed by atoms with Crippen LogP contribution in [0.3, 0.4) is 0 Å². The highest BCUT2D eigenvalue weighted by Crippen LogP contribution is 2.36. The number of hydrogen-bond donors (Lipinski definition) is 0. The topological polar surface area (TPSA) is 35.5 Å². The molecule has 0 fully saturated rings. The Morgan fingerprint density at radius 3 is 2.68 bits per heavy atom. The van der Waals surface area contributed by atoms with Crippen LogP contribution in [-0.4, -0.2) is 20.2 Å². The molecule has 0 aromatic heterocycles. The molecule has 0 saturated carbocycles. The molecule has 0 saturated heterocycles. The molecule has 2 aromatic carbocycles. The molecule has 0 aliphatic carbocycles. The molecule has 0 aliphatic rings. The Labute approximate surface area is 116 Å². The highest BCUT2D eigenvalue weighted by Gasteiger charge is 2.13. The Morgan fingerprint density at radius 2 is 1.95 bits per heavy atom. The normalized spacial score (nSPS) is 10.2. The quantitative estimate of drug-likeness (QED) is 0.615. The predicted octanol–water partition coefficient (Wildman–Crippen LogP) is 3.80. The second kappa shape index (κ2) is 6.36. The first-order valence-electron chi connectivity index (χ1n) is 5.72. The summed E-state index contributed by atoms with van der Waals surface area (Å²) in [5.74, 6) is 0.626. The number of carbonyl (C=O) groups is 1. The van der Waals surface area contributed by atoms with Gasteiger partial charge in [-0.15, -0.1) is 0 Å². The van der Waals surface area contributed by atoms with Gasteiger partial charge in [-0.1, -0.05) is 41.9 Å². The first-order chi connectivity index (χ1) is 9.27. The van der Waals surface area contributed by atoms with Crippen LogP contribution in [0.2, 0.25) is 5.02 Å². The first kappa shape index (κ1) is 13.6. The molecule has 0 radical (unpaired) electrons. The Hall–Kier alpha value is -1.84. The minimum Gasteiger partial charge on any atom is -0.467 e. The number of methoxy groups -OCH3 is 1. The molecule has 0 spiro atoms. The number of para-hydroxylation sites is 1. The Morgan fingerprint density at radius 1 is 1.16 bits per heavy atom. The molecular weight excluding hydrogens is 264 g/mol. The van der Waals surface area contributed by atoms with Crippen molar-refractivity contribution in [3.05, 3.63) is 53.1 Å². The summed E-state index contributed by atoms with van der Waals surface area (Å²) in [7, 11) is 1.55. The van der Waals surface area contributed by atoms with Gasteiger partial charge in [-0.3, -0.25) is 4.79 Å². The molecule has 0 N–H and O–H groups in total. The van der Waals surface area contributed by atoms with E-state index < -0.39 is 0 Å². The van der Waals surface area contributed by atoms with Crippen molar-refractivity contribution in [2.45, 2.75) is 0 Å². The molecule has 0 heterocycles. The van der Waals surface area contributed by atoms with Crippen molar-refractivity contribution in [1.82, 2.24) is 0 Å². The molecule has 0 atom stereocenters. The molecule has 0 amide bonds. The fourth-order valence-corrected chi connectivity index (χ4v) is 2.13. The molecule has 19 heavy (non-hydrogen) atoms. The smallest absolute Gasteiger partial charge is 0.188 e. The molecule has 3 nitrogen and oxygen atoms in total. The molecular formula is C15H13ClO3. The van der Waals surface area contributed by atoms with Gasteiger partial charge in [-0.25, -0.2) is 0 Å². The monoisotopic (exact) mass is 276 g/mol. The third-order valence-electron chi connectivity index (χ3n) is 2.66. The van der Waals surface area contributed by atoms with Crippen molar-refractivity contribution in [3.8, 4) is 16.9 Å². The van der Waals surface area contributed by atoms with E-state index in [1.54, 1.807) is 25.3 Å². The van der Waals surface area contributed by atoms with Crippen LogP contribution in [-0.2, 0) is 4.74 Å². The van der Waals surface area contributed by atoms with Gasteiger partial charge in [0, 0.05) is 28.8 Å². The standard InChI is InChI=1S/C15H13ClO3/c1-18-10-19-14-8-3-2-6-12(14)15-11(9-17)5-4-7-13(15)16/h2-9H,10H2,1H3. The van der Waals surface area contributed by atoms with Gasteiger partial charge in [0.1, 0.15) is 5.75 Å². The van der Waals surface area contributed by atoms with E-state index in [0.717, 1.165) is 11.8 Å². The Balaban J connectivity index is 2.55. The number of rotatable bonds is 5. The van der Waals surface area contributed by atoms with E-state index in [2.05, 4.69) is 0 Å². The van der Waals surface area contributed by atoms with Crippen molar-refractivity contribution in [3.63, 3.8) is 0 Å². The van der Waals surface area contributed by atoms with Gasteiger partial charge in [0.15, 0.2) is 13.1 Å². The zero-order valence-corrected chi connectivity index (χ0v) is 11.2. The van der Waals surface area contributed by atoms with Crippen LogP contribution < -0.4 is 4.74 Å². The summed E-state index contributed by atoms with van der Waals surface area (Å²) in [6, 6.07) is 12.6. The average Bonchev–Trinajstić information content (AvgIpc) is 2.45. The lowest BCUT2D eigenvalue weighted by molar-refractivity contribution is 0.0515. The average molecular weight is 277 g/mol. The fourth-order valence-electron chi connectivity index (χ4n) is 1.84. The molecule has 0 aliphatic heterocycles. The largest absolute Gasteiger partial charge is 0.467 e. The third-order valence-corrected chi connectivity index (χ3v) is 2.98. The zero-order valence-electron chi connectivity index (χ0n) is 10.4. The second-order valence-corrected chi connectivity index (χ2v) is 4.28. The van der Waals surface area contributed by atoms with Crippen LogP contribution >= 0.6 is 11.6 Å². The highest BCUT2D eigenvalue weighted by atomic mass is 35.5. The van der Waals surface area contributed by atoms with E-state index in [4.69, 9.17) is 21.1 Å². The van der Waals surface area contributed by atoms with Gasteiger partial charge < -0.3 is 9.47 Å². The van der Waals surface area contributed by atoms with Crippen LogP contribution in [0.4, 0.5) is 0 Å².